The first-order valence-electron chi connectivity index (χ1n) is 10.7. The molecule has 156 valence electrons. The Labute approximate surface area is 184 Å². The highest BCUT2D eigenvalue weighted by Gasteiger charge is 2.25. The average molecular weight is 433 g/mol. The highest BCUT2D eigenvalue weighted by Crippen LogP contribution is 2.37. The van der Waals surface area contributed by atoms with Crippen LogP contribution in [0.4, 0.5) is 0 Å². The molecule has 1 saturated heterocycles. The third-order valence-corrected chi connectivity index (χ3v) is 6.85. The van der Waals surface area contributed by atoms with E-state index in [-0.39, 0.29) is 0 Å². The molecular formula is C24H30Cl2N2O. The van der Waals surface area contributed by atoms with Crippen molar-refractivity contribution in [3.05, 3.63) is 63.1 Å². The van der Waals surface area contributed by atoms with Crippen LogP contribution in [0.1, 0.15) is 48.3 Å². The van der Waals surface area contributed by atoms with Gasteiger partial charge in [0.2, 0.25) is 0 Å². The van der Waals surface area contributed by atoms with Gasteiger partial charge >= 0.3 is 0 Å². The van der Waals surface area contributed by atoms with Crippen LogP contribution in [-0.4, -0.2) is 49.6 Å². The van der Waals surface area contributed by atoms with E-state index < -0.39 is 0 Å². The molecule has 2 aromatic carbocycles. The predicted octanol–water partition coefficient (Wildman–Crippen LogP) is 5.83. The summed E-state index contributed by atoms with van der Waals surface area (Å²) >= 11 is 12.4. The number of nitrogens with zero attached hydrogens (tertiary/aromatic N) is 2. The summed E-state index contributed by atoms with van der Waals surface area (Å²) in [5, 5.41) is 1.22. The molecule has 0 radical (unpaired) electrons. The topological polar surface area (TPSA) is 15.7 Å². The summed E-state index contributed by atoms with van der Waals surface area (Å²) in [6, 6.07) is 12.6. The number of piperidine rings is 1. The normalized spacial score (nSPS) is 20.4. The molecule has 0 aromatic heterocycles. The van der Waals surface area contributed by atoms with E-state index in [1.165, 1.54) is 49.0 Å². The zero-order valence-corrected chi connectivity index (χ0v) is 18.7. The lowest BCUT2D eigenvalue weighted by molar-refractivity contribution is 0.204. The summed E-state index contributed by atoms with van der Waals surface area (Å²) in [4.78, 5) is 4.92. The molecule has 1 fully saturated rings. The van der Waals surface area contributed by atoms with E-state index in [1.807, 2.05) is 12.1 Å². The molecule has 1 atom stereocenters. The minimum atomic E-state index is 0.298. The van der Waals surface area contributed by atoms with Gasteiger partial charge in [-0.3, -0.25) is 0 Å². The molecule has 4 rings (SSSR count). The van der Waals surface area contributed by atoms with Crippen LogP contribution in [0, 0.1) is 0 Å². The Balaban J connectivity index is 1.41. The summed E-state index contributed by atoms with van der Waals surface area (Å²) in [6.45, 7) is 6.34. The van der Waals surface area contributed by atoms with Gasteiger partial charge in [-0.15, -0.1) is 0 Å². The van der Waals surface area contributed by atoms with Crippen LogP contribution in [0.3, 0.4) is 0 Å². The van der Waals surface area contributed by atoms with Crippen LogP contribution in [0.5, 0.6) is 5.75 Å². The number of hydrogen-bond acceptors (Lipinski definition) is 3. The van der Waals surface area contributed by atoms with Gasteiger partial charge in [0.25, 0.3) is 0 Å². The van der Waals surface area contributed by atoms with Gasteiger partial charge in [0.05, 0.1) is 16.7 Å². The van der Waals surface area contributed by atoms with Crippen molar-refractivity contribution in [1.82, 2.24) is 9.80 Å². The van der Waals surface area contributed by atoms with E-state index in [2.05, 4.69) is 41.1 Å². The molecule has 2 aromatic rings. The van der Waals surface area contributed by atoms with Crippen molar-refractivity contribution >= 4 is 23.2 Å². The summed E-state index contributed by atoms with van der Waals surface area (Å²) in [5.74, 6) is 1.28. The van der Waals surface area contributed by atoms with Gasteiger partial charge < -0.3 is 14.5 Å². The van der Waals surface area contributed by atoms with Crippen molar-refractivity contribution in [2.45, 2.75) is 38.1 Å². The first kappa shape index (κ1) is 21.0. The second kappa shape index (κ2) is 9.70. The first-order chi connectivity index (χ1) is 14.1. The monoisotopic (exact) mass is 432 g/mol. The maximum absolute atomic E-state index is 6.28. The fourth-order valence-electron chi connectivity index (χ4n) is 4.59. The van der Waals surface area contributed by atoms with Gasteiger partial charge in [0.1, 0.15) is 5.75 Å². The number of rotatable bonds is 6. The number of hydrogen-bond donors (Lipinski definition) is 0. The van der Waals surface area contributed by atoms with Crippen molar-refractivity contribution in [3.8, 4) is 5.75 Å². The van der Waals surface area contributed by atoms with Crippen LogP contribution in [0.25, 0.3) is 0 Å². The summed E-state index contributed by atoms with van der Waals surface area (Å²) in [6.07, 6.45) is 5.17. The molecule has 0 N–H and O–H groups in total. The Kier molecular flexibility index (Phi) is 7.02. The second-order valence-electron chi connectivity index (χ2n) is 8.39. The van der Waals surface area contributed by atoms with Gasteiger partial charge in [-0.05, 0) is 80.4 Å². The molecule has 0 saturated carbocycles. The Morgan fingerprint density at radius 3 is 2.62 bits per heavy atom. The van der Waals surface area contributed by atoms with E-state index in [0.717, 1.165) is 38.4 Å². The molecule has 0 bridgehead atoms. The maximum atomic E-state index is 6.28. The molecule has 0 amide bonds. The van der Waals surface area contributed by atoms with Gasteiger partial charge in [-0.1, -0.05) is 41.8 Å². The Bertz CT molecular complexity index is 836. The largest absolute Gasteiger partial charge is 0.494 e. The zero-order valence-electron chi connectivity index (χ0n) is 17.2. The molecule has 0 spiro atoms. The molecule has 2 aliphatic rings. The molecule has 29 heavy (non-hydrogen) atoms. The minimum absolute atomic E-state index is 0.298. The quantitative estimate of drug-likeness (QED) is 0.534. The maximum Gasteiger partial charge on any atom is 0.119 e. The number of fused-ring (bicyclic) bond motifs is 1. The Hall–Kier alpha value is -1.26. The minimum Gasteiger partial charge on any atom is -0.494 e. The number of likely N-dealkylation sites (N-methyl/N-ethyl adjacent to an activating group) is 1. The van der Waals surface area contributed by atoms with Crippen molar-refractivity contribution in [2.75, 3.05) is 39.8 Å². The van der Waals surface area contributed by atoms with Gasteiger partial charge in [0.15, 0.2) is 0 Å². The van der Waals surface area contributed by atoms with Crippen molar-refractivity contribution < 1.29 is 4.74 Å². The van der Waals surface area contributed by atoms with Gasteiger partial charge in [-0.25, -0.2) is 0 Å². The highest BCUT2D eigenvalue weighted by atomic mass is 35.5. The standard InChI is InChI=1S/C24H30Cl2N2O/c1-27-16-19-14-20(29-13-5-12-28-10-3-2-4-11-28)7-8-21(19)22(17-27)18-6-9-23(25)24(26)15-18/h6-9,14-15,22H,2-5,10-13,16-17H2,1H3. The van der Waals surface area contributed by atoms with Crippen LogP contribution in [0.15, 0.2) is 36.4 Å². The van der Waals surface area contributed by atoms with Crippen molar-refractivity contribution in [2.24, 2.45) is 0 Å². The Morgan fingerprint density at radius 2 is 1.83 bits per heavy atom. The van der Waals surface area contributed by atoms with Crippen LogP contribution in [0.2, 0.25) is 10.0 Å². The fraction of sp³-hybridized carbons (Fsp3) is 0.500. The summed E-state index contributed by atoms with van der Waals surface area (Å²) in [7, 11) is 2.17. The fourth-order valence-corrected chi connectivity index (χ4v) is 4.90. The van der Waals surface area contributed by atoms with E-state index >= 15 is 0 Å². The Morgan fingerprint density at radius 1 is 1.00 bits per heavy atom. The molecule has 1 unspecified atom stereocenters. The lowest BCUT2D eigenvalue weighted by atomic mass is 9.85. The van der Waals surface area contributed by atoms with Crippen molar-refractivity contribution in [1.29, 1.82) is 0 Å². The van der Waals surface area contributed by atoms with Crippen LogP contribution < -0.4 is 4.74 Å². The molecular weight excluding hydrogens is 403 g/mol. The molecule has 5 heteroatoms. The number of likely N-dealkylation sites (tertiary alicyclic amines) is 1. The third kappa shape index (κ3) is 5.27. The smallest absolute Gasteiger partial charge is 0.119 e. The van der Waals surface area contributed by atoms with Crippen LogP contribution >= 0.6 is 23.2 Å². The number of benzene rings is 2. The number of halogens is 2. The molecule has 3 nitrogen and oxygen atoms in total. The number of ether oxygens (including phenoxy) is 1. The summed E-state index contributed by atoms with van der Waals surface area (Å²) in [5.41, 5.74) is 3.91. The van der Waals surface area contributed by atoms with Crippen LogP contribution in [-0.2, 0) is 6.54 Å². The second-order valence-corrected chi connectivity index (χ2v) is 9.20. The highest BCUT2D eigenvalue weighted by molar-refractivity contribution is 6.42. The average Bonchev–Trinajstić information content (AvgIpc) is 2.73. The summed E-state index contributed by atoms with van der Waals surface area (Å²) < 4.78 is 6.09. The lowest BCUT2D eigenvalue weighted by Gasteiger charge is -2.33. The molecule has 2 aliphatic heterocycles. The first-order valence-corrected chi connectivity index (χ1v) is 11.5. The van der Waals surface area contributed by atoms with Gasteiger partial charge in [-0.2, -0.15) is 0 Å². The van der Waals surface area contributed by atoms with Crippen molar-refractivity contribution in [3.63, 3.8) is 0 Å². The SMILES string of the molecule is CN1Cc2cc(OCCCN3CCCCC3)ccc2C(c2ccc(Cl)c(Cl)c2)C1. The van der Waals surface area contributed by atoms with E-state index in [0.29, 0.717) is 16.0 Å². The molecule has 0 aliphatic carbocycles. The zero-order chi connectivity index (χ0) is 20.2. The predicted molar refractivity (Wildman–Crippen MR) is 121 cm³/mol. The van der Waals surface area contributed by atoms with Gasteiger partial charge in [0, 0.05) is 25.6 Å². The third-order valence-electron chi connectivity index (χ3n) is 6.11. The molecule has 2 heterocycles. The van der Waals surface area contributed by atoms with E-state index in [9.17, 15) is 0 Å². The lowest BCUT2D eigenvalue weighted by Crippen LogP contribution is -2.31. The van der Waals surface area contributed by atoms with E-state index in [4.69, 9.17) is 27.9 Å². The van der Waals surface area contributed by atoms with E-state index in [1.54, 1.807) is 0 Å².